The standard InChI is InChI=1S/C56H110O4/c1-4-7-10-13-16-18-20-22-24-26-28-30-35-40-45-50-55(57)59-52-47-42-37-33-32-34-39-44-49-54(48-43-38-15-12-9-6-3)53-60-56(58)51-46-41-36-31-29-27-25-23-21-19-17-14-11-8-5-2/h54H,4-53H2,1-3H3. The van der Waals surface area contributed by atoms with Gasteiger partial charge in [-0.05, 0) is 38.0 Å². The summed E-state index contributed by atoms with van der Waals surface area (Å²) in [5.74, 6) is 0.574. The van der Waals surface area contributed by atoms with E-state index in [0.717, 1.165) is 25.7 Å². The zero-order chi connectivity index (χ0) is 43.5. The first-order valence-corrected chi connectivity index (χ1v) is 27.9. The summed E-state index contributed by atoms with van der Waals surface area (Å²) in [6.07, 6.45) is 61.9. The van der Waals surface area contributed by atoms with Crippen molar-refractivity contribution in [2.24, 2.45) is 5.92 Å². The number of ether oxygens (including phenoxy) is 2. The summed E-state index contributed by atoms with van der Waals surface area (Å²) in [5.41, 5.74) is 0. The largest absolute Gasteiger partial charge is 0.466 e. The van der Waals surface area contributed by atoms with Crippen LogP contribution in [0.5, 0.6) is 0 Å². The van der Waals surface area contributed by atoms with E-state index in [1.54, 1.807) is 0 Å². The maximum absolute atomic E-state index is 12.6. The van der Waals surface area contributed by atoms with Gasteiger partial charge in [0, 0.05) is 12.8 Å². The average molecular weight is 847 g/mol. The highest BCUT2D eigenvalue weighted by molar-refractivity contribution is 5.69. The molecule has 0 aromatic rings. The highest BCUT2D eigenvalue weighted by Crippen LogP contribution is 2.21. The van der Waals surface area contributed by atoms with E-state index in [-0.39, 0.29) is 11.9 Å². The first kappa shape index (κ1) is 58.9. The number of unbranched alkanes of at least 4 members (excludes halogenated alkanes) is 40. The molecule has 4 nitrogen and oxygen atoms in total. The van der Waals surface area contributed by atoms with Crippen LogP contribution in [0.3, 0.4) is 0 Å². The molecular weight excluding hydrogens is 737 g/mol. The summed E-state index contributed by atoms with van der Waals surface area (Å²) < 4.78 is 11.4. The van der Waals surface area contributed by atoms with Gasteiger partial charge in [0.2, 0.25) is 0 Å². The molecule has 0 spiro atoms. The Morgan fingerprint density at radius 3 is 0.817 bits per heavy atom. The van der Waals surface area contributed by atoms with Gasteiger partial charge in [-0.1, -0.05) is 284 Å². The van der Waals surface area contributed by atoms with Crippen LogP contribution in [-0.2, 0) is 19.1 Å². The fourth-order valence-electron chi connectivity index (χ4n) is 8.94. The number of hydrogen-bond acceptors (Lipinski definition) is 4. The molecule has 0 aliphatic heterocycles. The lowest BCUT2D eigenvalue weighted by molar-refractivity contribution is -0.145. The van der Waals surface area contributed by atoms with Crippen molar-refractivity contribution in [2.45, 2.75) is 329 Å². The highest BCUT2D eigenvalue weighted by Gasteiger charge is 2.13. The Kier molecular flexibility index (Phi) is 51.4. The Bertz CT molecular complexity index is 826. The van der Waals surface area contributed by atoms with Crippen molar-refractivity contribution in [1.29, 1.82) is 0 Å². The van der Waals surface area contributed by atoms with Crippen LogP contribution in [0.25, 0.3) is 0 Å². The summed E-state index contributed by atoms with van der Waals surface area (Å²) in [5, 5.41) is 0. The highest BCUT2D eigenvalue weighted by atomic mass is 16.5. The lowest BCUT2D eigenvalue weighted by Gasteiger charge is -2.17. The third kappa shape index (κ3) is 49.6. The van der Waals surface area contributed by atoms with E-state index in [1.807, 2.05) is 0 Å². The lowest BCUT2D eigenvalue weighted by atomic mass is 9.94. The zero-order valence-electron chi connectivity index (χ0n) is 41.6. The monoisotopic (exact) mass is 847 g/mol. The Morgan fingerprint density at radius 2 is 0.517 bits per heavy atom. The van der Waals surface area contributed by atoms with Crippen LogP contribution in [0.4, 0.5) is 0 Å². The lowest BCUT2D eigenvalue weighted by Crippen LogP contribution is -2.14. The van der Waals surface area contributed by atoms with Crippen molar-refractivity contribution in [3.63, 3.8) is 0 Å². The number of rotatable bonds is 52. The molecule has 0 aromatic carbocycles. The Balaban J connectivity index is 3.78. The van der Waals surface area contributed by atoms with E-state index in [9.17, 15) is 9.59 Å². The number of carbonyl (C=O) groups excluding carboxylic acids is 2. The van der Waals surface area contributed by atoms with Crippen molar-refractivity contribution in [1.82, 2.24) is 0 Å². The molecular formula is C56H110O4. The Labute approximate surface area is 377 Å². The van der Waals surface area contributed by atoms with E-state index >= 15 is 0 Å². The van der Waals surface area contributed by atoms with Crippen LogP contribution in [0, 0.1) is 5.92 Å². The summed E-state index contributed by atoms with van der Waals surface area (Å²) in [6, 6.07) is 0. The van der Waals surface area contributed by atoms with Crippen molar-refractivity contribution >= 4 is 11.9 Å². The third-order valence-electron chi connectivity index (χ3n) is 13.2. The zero-order valence-corrected chi connectivity index (χ0v) is 41.6. The predicted molar refractivity (Wildman–Crippen MR) is 264 cm³/mol. The van der Waals surface area contributed by atoms with Gasteiger partial charge in [-0.2, -0.15) is 0 Å². The first-order chi connectivity index (χ1) is 29.6. The fraction of sp³-hybridized carbons (Fsp3) is 0.964. The molecule has 4 heteroatoms. The van der Waals surface area contributed by atoms with E-state index in [1.165, 1.54) is 270 Å². The van der Waals surface area contributed by atoms with Crippen molar-refractivity contribution < 1.29 is 19.1 Å². The van der Waals surface area contributed by atoms with Crippen LogP contribution in [-0.4, -0.2) is 25.2 Å². The van der Waals surface area contributed by atoms with Crippen molar-refractivity contribution in [2.75, 3.05) is 13.2 Å². The van der Waals surface area contributed by atoms with E-state index in [0.29, 0.717) is 32.0 Å². The normalized spacial score (nSPS) is 12.0. The number of carbonyl (C=O) groups is 2. The average Bonchev–Trinajstić information content (AvgIpc) is 3.25. The molecule has 0 N–H and O–H groups in total. The van der Waals surface area contributed by atoms with Gasteiger partial charge in [0.1, 0.15) is 0 Å². The molecule has 0 amide bonds. The molecule has 0 aliphatic carbocycles. The van der Waals surface area contributed by atoms with Crippen molar-refractivity contribution in [3.05, 3.63) is 0 Å². The van der Waals surface area contributed by atoms with Crippen molar-refractivity contribution in [3.8, 4) is 0 Å². The van der Waals surface area contributed by atoms with Crippen LogP contribution in [0.1, 0.15) is 329 Å². The van der Waals surface area contributed by atoms with Gasteiger partial charge in [0.25, 0.3) is 0 Å². The molecule has 0 fully saturated rings. The molecule has 0 heterocycles. The summed E-state index contributed by atoms with van der Waals surface area (Å²) in [7, 11) is 0. The van der Waals surface area contributed by atoms with Crippen LogP contribution in [0.15, 0.2) is 0 Å². The Hall–Kier alpha value is -1.06. The predicted octanol–water partition coefficient (Wildman–Crippen LogP) is 19.5. The molecule has 358 valence electrons. The van der Waals surface area contributed by atoms with E-state index in [2.05, 4.69) is 20.8 Å². The van der Waals surface area contributed by atoms with Gasteiger partial charge in [0.15, 0.2) is 0 Å². The fourth-order valence-corrected chi connectivity index (χ4v) is 8.94. The smallest absolute Gasteiger partial charge is 0.305 e. The molecule has 0 aliphatic rings. The van der Waals surface area contributed by atoms with Gasteiger partial charge in [-0.3, -0.25) is 9.59 Å². The van der Waals surface area contributed by atoms with Gasteiger partial charge < -0.3 is 9.47 Å². The first-order valence-electron chi connectivity index (χ1n) is 27.9. The molecule has 1 atom stereocenters. The summed E-state index contributed by atoms with van der Waals surface area (Å²) >= 11 is 0. The number of hydrogen-bond donors (Lipinski definition) is 0. The maximum Gasteiger partial charge on any atom is 0.305 e. The van der Waals surface area contributed by atoms with Crippen LogP contribution < -0.4 is 0 Å². The number of esters is 2. The molecule has 0 bridgehead atoms. The van der Waals surface area contributed by atoms with Gasteiger partial charge in [0.05, 0.1) is 13.2 Å². The minimum Gasteiger partial charge on any atom is -0.466 e. The minimum atomic E-state index is 0.00877. The van der Waals surface area contributed by atoms with Gasteiger partial charge in [-0.15, -0.1) is 0 Å². The molecule has 0 rings (SSSR count). The molecule has 0 saturated carbocycles. The van der Waals surface area contributed by atoms with Gasteiger partial charge >= 0.3 is 11.9 Å². The van der Waals surface area contributed by atoms with E-state index in [4.69, 9.17) is 9.47 Å². The second-order valence-corrected chi connectivity index (χ2v) is 19.3. The SMILES string of the molecule is CCCCCCCCCCCCCCCCCC(=O)OCCCCCCCCCCC(CCCCCCCC)COC(=O)CCCCCCCCCCCCCCCCC. The Morgan fingerprint density at radius 1 is 0.283 bits per heavy atom. The molecule has 0 saturated heterocycles. The minimum absolute atomic E-state index is 0.00877. The topological polar surface area (TPSA) is 52.6 Å². The molecule has 1 unspecified atom stereocenters. The van der Waals surface area contributed by atoms with Crippen LogP contribution in [0.2, 0.25) is 0 Å². The molecule has 0 radical (unpaired) electrons. The second-order valence-electron chi connectivity index (χ2n) is 19.3. The molecule has 60 heavy (non-hydrogen) atoms. The molecule has 0 aromatic heterocycles. The van der Waals surface area contributed by atoms with Gasteiger partial charge in [-0.25, -0.2) is 0 Å². The van der Waals surface area contributed by atoms with Crippen LogP contribution >= 0.6 is 0 Å². The maximum atomic E-state index is 12.6. The summed E-state index contributed by atoms with van der Waals surface area (Å²) in [6.45, 7) is 8.10. The quantitative estimate of drug-likeness (QED) is 0.0452. The summed E-state index contributed by atoms with van der Waals surface area (Å²) in [4.78, 5) is 24.7. The van der Waals surface area contributed by atoms with E-state index < -0.39 is 0 Å². The second kappa shape index (κ2) is 52.3. The third-order valence-corrected chi connectivity index (χ3v) is 13.2.